The summed E-state index contributed by atoms with van der Waals surface area (Å²) < 4.78 is 6.08. The largest absolute Gasteiger partial charge is 0.339 e. The SMILES string of the molecule is [C-]#[N+]C1=C[C@]2(C)C3=CC(=O)[C@@H]4[C@@H]5CC(C)(C)CC[C@]5(c5nc(CCNC(=O)NCC)no5)CC[C@@]4(C)[C@]3(C)CC[C@H]2C(C)(C)C1=O. The number of ketones is 2. The van der Waals surface area contributed by atoms with Crippen molar-refractivity contribution in [2.75, 3.05) is 13.1 Å². The fourth-order valence-electron chi connectivity index (χ4n) is 11.0. The van der Waals surface area contributed by atoms with Crippen LogP contribution in [0.1, 0.15) is 112 Å². The number of fused-ring (bicyclic) bond motifs is 7. The molecule has 0 unspecified atom stereocenters. The fraction of sp³-hybridized carbons (Fsp3) is 0.730. The zero-order chi connectivity index (χ0) is 33.5. The Balaban J connectivity index is 1.40. The third-order valence-corrected chi connectivity index (χ3v) is 13.7. The van der Waals surface area contributed by atoms with Gasteiger partial charge in [-0.25, -0.2) is 9.64 Å². The zero-order valence-corrected chi connectivity index (χ0v) is 28.9. The molecule has 46 heavy (non-hydrogen) atoms. The van der Waals surface area contributed by atoms with Gasteiger partial charge in [-0.15, -0.1) is 0 Å². The molecule has 9 nitrogen and oxygen atoms in total. The minimum Gasteiger partial charge on any atom is -0.339 e. The molecule has 248 valence electrons. The predicted molar refractivity (Wildman–Crippen MR) is 174 cm³/mol. The quantitative estimate of drug-likeness (QED) is 0.348. The summed E-state index contributed by atoms with van der Waals surface area (Å²) in [6, 6.07) is -0.213. The third-order valence-electron chi connectivity index (χ3n) is 13.7. The summed E-state index contributed by atoms with van der Waals surface area (Å²) in [5.74, 6) is 1.18. The molecule has 3 fully saturated rings. The van der Waals surface area contributed by atoms with Crippen molar-refractivity contribution in [1.82, 2.24) is 20.8 Å². The van der Waals surface area contributed by atoms with Crippen molar-refractivity contribution in [3.05, 3.63) is 46.6 Å². The Hall–Kier alpha value is -3.28. The van der Waals surface area contributed by atoms with Gasteiger partial charge in [-0.3, -0.25) is 4.79 Å². The number of amides is 2. The average molecular weight is 630 g/mol. The Morgan fingerprint density at radius 1 is 1.04 bits per heavy atom. The fourth-order valence-corrected chi connectivity index (χ4v) is 11.0. The van der Waals surface area contributed by atoms with Crippen molar-refractivity contribution in [3.63, 3.8) is 0 Å². The maximum Gasteiger partial charge on any atom is 0.314 e. The number of hydrogen-bond acceptors (Lipinski definition) is 6. The van der Waals surface area contributed by atoms with E-state index < -0.39 is 10.8 Å². The van der Waals surface area contributed by atoms with E-state index in [0.717, 1.165) is 50.5 Å². The van der Waals surface area contributed by atoms with Crippen LogP contribution in [0.4, 0.5) is 4.79 Å². The first-order valence-electron chi connectivity index (χ1n) is 17.3. The van der Waals surface area contributed by atoms with Crippen LogP contribution < -0.4 is 10.6 Å². The second-order valence-electron chi connectivity index (χ2n) is 16.9. The van der Waals surface area contributed by atoms with Gasteiger partial charge in [0.2, 0.25) is 11.6 Å². The van der Waals surface area contributed by atoms with Gasteiger partial charge in [0.1, 0.15) is 0 Å². The molecule has 5 aliphatic carbocycles. The van der Waals surface area contributed by atoms with Gasteiger partial charge in [0.25, 0.3) is 0 Å². The maximum atomic E-state index is 14.8. The molecule has 6 rings (SSSR count). The summed E-state index contributed by atoms with van der Waals surface area (Å²) in [5, 5.41) is 9.93. The van der Waals surface area contributed by atoms with E-state index in [1.807, 2.05) is 32.9 Å². The first kappa shape index (κ1) is 32.7. The molecule has 1 aromatic heterocycles. The highest BCUT2D eigenvalue weighted by Gasteiger charge is 2.70. The van der Waals surface area contributed by atoms with Crippen LogP contribution in [0.2, 0.25) is 0 Å². The molecule has 5 aliphatic rings. The molecule has 1 aromatic rings. The van der Waals surface area contributed by atoms with Crippen LogP contribution in [0.25, 0.3) is 4.85 Å². The van der Waals surface area contributed by atoms with Gasteiger partial charge < -0.3 is 20.0 Å². The summed E-state index contributed by atoms with van der Waals surface area (Å²) in [5.41, 5.74) is -0.780. The van der Waals surface area contributed by atoms with Gasteiger partial charge in [-0.2, -0.15) is 4.98 Å². The monoisotopic (exact) mass is 629 g/mol. The van der Waals surface area contributed by atoms with E-state index in [0.29, 0.717) is 31.2 Å². The smallest absolute Gasteiger partial charge is 0.314 e. The topological polar surface area (TPSA) is 119 Å². The first-order valence-corrected chi connectivity index (χ1v) is 17.3. The molecular formula is C37H51N5O4. The number of carbonyl (C=O) groups excluding carboxylic acids is 3. The van der Waals surface area contributed by atoms with Crippen molar-refractivity contribution in [3.8, 4) is 0 Å². The van der Waals surface area contributed by atoms with Crippen LogP contribution in [0, 0.1) is 51.4 Å². The number of urea groups is 1. The van der Waals surface area contributed by atoms with Gasteiger partial charge in [0.05, 0.1) is 12.0 Å². The molecule has 1 heterocycles. The van der Waals surface area contributed by atoms with Gasteiger partial charge in [0.15, 0.2) is 17.4 Å². The van der Waals surface area contributed by atoms with Crippen LogP contribution in [0.5, 0.6) is 0 Å². The van der Waals surface area contributed by atoms with E-state index in [1.165, 1.54) is 0 Å². The number of nitrogens with one attached hydrogen (secondary N) is 2. The van der Waals surface area contributed by atoms with Crippen molar-refractivity contribution >= 4 is 17.6 Å². The standard InChI is InChI=1S/C37H51N5O4/c1-10-39-31(45)40-18-12-27-41-30(46-42-27)37-16-14-32(2,3)20-22(37)28-24(43)19-26-34(6)21-23(38-9)29(44)33(4,5)25(34)11-13-35(26,7)36(28,8)15-17-37/h19,21-22,25,28H,10-18,20H2,1-8H3,(H2,39,40,45)/t22-,25-,28-,34-,35+,36+,37-/m0/s1. The summed E-state index contributed by atoms with van der Waals surface area (Å²) in [4.78, 5) is 48.7. The highest BCUT2D eigenvalue weighted by Crippen LogP contribution is 2.74. The Kier molecular flexibility index (Phi) is 7.54. The summed E-state index contributed by atoms with van der Waals surface area (Å²) >= 11 is 0. The molecule has 3 saturated carbocycles. The lowest BCUT2D eigenvalue weighted by Crippen LogP contribution is -2.65. The van der Waals surface area contributed by atoms with Crippen LogP contribution in [0.3, 0.4) is 0 Å². The molecule has 0 aromatic carbocycles. The van der Waals surface area contributed by atoms with Crippen LogP contribution in [0.15, 0.2) is 27.9 Å². The maximum absolute atomic E-state index is 14.8. The van der Waals surface area contributed by atoms with E-state index in [-0.39, 0.29) is 62.7 Å². The molecule has 2 N–H and O–H groups in total. The molecule has 9 heteroatoms. The van der Waals surface area contributed by atoms with Crippen molar-refractivity contribution in [2.45, 2.75) is 112 Å². The van der Waals surface area contributed by atoms with E-state index in [4.69, 9.17) is 16.1 Å². The van der Waals surface area contributed by atoms with E-state index in [2.05, 4.69) is 55.3 Å². The van der Waals surface area contributed by atoms with E-state index in [1.54, 1.807) is 0 Å². The van der Waals surface area contributed by atoms with E-state index >= 15 is 0 Å². The van der Waals surface area contributed by atoms with Crippen LogP contribution in [-0.4, -0.2) is 40.8 Å². The highest BCUT2D eigenvalue weighted by atomic mass is 16.5. The van der Waals surface area contributed by atoms with Gasteiger partial charge >= 0.3 is 6.03 Å². The molecule has 0 bridgehead atoms. The highest BCUT2D eigenvalue weighted by molar-refractivity contribution is 6.03. The lowest BCUT2D eigenvalue weighted by Gasteiger charge is -2.69. The Labute approximate surface area is 273 Å². The normalized spacial score (nSPS) is 39.0. The number of Topliss-reactive ketones (excluding diaryl/α,β-unsaturated/α-hetero) is 1. The summed E-state index contributed by atoms with van der Waals surface area (Å²) in [6.45, 7) is 26.2. The number of carbonyl (C=O) groups is 3. The predicted octanol–water partition coefficient (Wildman–Crippen LogP) is 6.76. The third kappa shape index (κ3) is 4.48. The van der Waals surface area contributed by atoms with Crippen LogP contribution >= 0.6 is 0 Å². The number of allylic oxidation sites excluding steroid dienone is 4. The second kappa shape index (κ2) is 10.6. The minimum absolute atomic E-state index is 0.0286. The van der Waals surface area contributed by atoms with Gasteiger partial charge in [-0.05, 0) is 86.0 Å². The Morgan fingerprint density at radius 3 is 2.46 bits per heavy atom. The lowest BCUT2D eigenvalue weighted by molar-refractivity contribution is -0.161. The molecule has 0 saturated heterocycles. The number of hydrogen-bond donors (Lipinski definition) is 2. The molecule has 2 amide bonds. The number of nitrogens with zero attached hydrogens (tertiary/aromatic N) is 3. The first-order chi connectivity index (χ1) is 21.5. The number of rotatable bonds is 5. The Morgan fingerprint density at radius 2 is 1.76 bits per heavy atom. The van der Waals surface area contributed by atoms with Gasteiger partial charge in [0, 0.05) is 36.3 Å². The molecule has 7 atom stereocenters. The molecule has 0 aliphatic heterocycles. The summed E-state index contributed by atoms with van der Waals surface area (Å²) in [7, 11) is 0. The average Bonchev–Trinajstić information content (AvgIpc) is 3.45. The lowest BCUT2D eigenvalue weighted by atomic mass is 9.34. The molecule has 0 spiro atoms. The van der Waals surface area contributed by atoms with E-state index in [9.17, 15) is 14.4 Å². The summed E-state index contributed by atoms with van der Waals surface area (Å²) in [6.07, 6.45) is 10.6. The van der Waals surface area contributed by atoms with Gasteiger partial charge in [-0.1, -0.05) is 65.3 Å². The van der Waals surface area contributed by atoms with Crippen LogP contribution in [-0.2, 0) is 21.4 Å². The van der Waals surface area contributed by atoms with Crippen molar-refractivity contribution in [2.24, 2.45) is 44.8 Å². The van der Waals surface area contributed by atoms with Crippen molar-refractivity contribution < 1.29 is 18.9 Å². The number of aromatic nitrogens is 2. The Bertz CT molecular complexity index is 1580. The zero-order valence-electron chi connectivity index (χ0n) is 28.9. The minimum atomic E-state index is -0.674. The van der Waals surface area contributed by atoms with Crippen molar-refractivity contribution in [1.29, 1.82) is 0 Å². The molecular weight excluding hydrogens is 578 g/mol. The molecule has 0 radical (unpaired) electrons. The second-order valence-corrected chi connectivity index (χ2v) is 16.9.